The van der Waals surface area contributed by atoms with Gasteiger partial charge in [0.1, 0.15) is 5.75 Å². The van der Waals surface area contributed by atoms with Gasteiger partial charge in [-0.05, 0) is 42.8 Å². The van der Waals surface area contributed by atoms with Gasteiger partial charge in [0, 0.05) is 5.56 Å². The van der Waals surface area contributed by atoms with Crippen LogP contribution in [0.4, 0.5) is 0 Å². The SMILES string of the molecule is CCOc1cccc(/C=N\NC(=O)CNC(=O)c2ccc(OC)c(OC)c2)c1. The Morgan fingerprint density at radius 3 is 2.57 bits per heavy atom. The van der Waals surface area contributed by atoms with Gasteiger partial charge in [-0.15, -0.1) is 0 Å². The van der Waals surface area contributed by atoms with Crippen LogP contribution < -0.4 is 25.0 Å². The summed E-state index contributed by atoms with van der Waals surface area (Å²) < 4.78 is 15.7. The standard InChI is InChI=1S/C20H23N3O5/c1-4-28-16-7-5-6-14(10-16)12-22-23-19(24)13-21-20(25)15-8-9-17(26-2)18(11-15)27-3/h5-12H,4,13H2,1-3H3,(H,21,25)(H,23,24)/b22-12-. The Labute approximate surface area is 163 Å². The number of hydrogen-bond donors (Lipinski definition) is 2. The van der Waals surface area contributed by atoms with Gasteiger partial charge >= 0.3 is 0 Å². The molecule has 0 aromatic heterocycles. The fourth-order valence-corrected chi connectivity index (χ4v) is 2.31. The zero-order valence-electron chi connectivity index (χ0n) is 16.0. The van der Waals surface area contributed by atoms with Gasteiger partial charge in [0.05, 0.1) is 33.6 Å². The molecule has 0 saturated heterocycles. The molecule has 2 N–H and O–H groups in total. The summed E-state index contributed by atoms with van der Waals surface area (Å²) in [6.07, 6.45) is 1.50. The van der Waals surface area contributed by atoms with Crippen LogP contribution in [0.5, 0.6) is 17.2 Å². The molecular weight excluding hydrogens is 362 g/mol. The number of carbonyl (C=O) groups is 2. The number of hydrogen-bond acceptors (Lipinski definition) is 6. The average Bonchev–Trinajstić information content (AvgIpc) is 2.72. The Balaban J connectivity index is 1.85. The number of rotatable bonds is 9. The van der Waals surface area contributed by atoms with E-state index in [0.717, 1.165) is 11.3 Å². The predicted octanol–water partition coefficient (Wildman–Crippen LogP) is 1.98. The first kappa shape index (κ1) is 20.8. The maximum absolute atomic E-state index is 12.2. The van der Waals surface area contributed by atoms with E-state index in [1.165, 1.54) is 26.5 Å². The molecule has 8 heteroatoms. The molecule has 2 rings (SSSR count). The van der Waals surface area contributed by atoms with Gasteiger partial charge in [-0.3, -0.25) is 9.59 Å². The zero-order valence-corrected chi connectivity index (χ0v) is 16.0. The van der Waals surface area contributed by atoms with Gasteiger partial charge < -0.3 is 19.5 Å². The summed E-state index contributed by atoms with van der Waals surface area (Å²) in [4.78, 5) is 24.0. The van der Waals surface area contributed by atoms with Crippen LogP contribution in [0.3, 0.4) is 0 Å². The quantitative estimate of drug-likeness (QED) is 0.508. The molecule has 2 aromatic carbocycles. The van der Waals surface area contributed by atoms with E-state index in [9.17, 15) is 9.59 Å². The van der Waals surface area contributed by atoms with E-state index in [1.54, 1.807) is 18.2 Å². The van der Waals surface area contributed by atoms with Gasteiger partial charge in [0.15, 0.2) is 11.5 Å². The summed E-state index contributed by atoms with van der Waals surface area (Å²) in [5.74, 6) is 0.800. The second kappa shape index (κ2) is 10.6. The van der Waals surface area contributed by atoms with Crippen LogP contribution in [0.15, 0.2) is 47.6 Å². The normalized spacial score (nSPS) is 10.4. The minimum atomic E-state index is -0.453. The summed E-state index contributed by atoms with van der Waals surface area (Å²) in [7, 11) is 2.99. The van der Waals surface area contributed by atoms with Crippen molar-refractivity contribution in [3.8, 4) is 17.2 Å². The van der Waals surface area contributed by atoms with Gasteiger partial charge in [0.2, 0.25) is 0 Å². The third kappa shape index (κ3) is 6.01. The second-order valence-corrected chi connectivity index (χ2v) is 5.55. The molecule has 148 valence electrons. The maximum Gasteiger partial charge on any atom is 0.259 e. The Morgan fingerprint density at radius 2 is 1.86 bits per heavy atom. The third-order valence-electron chi connectivity index (χ3n) is 3.63. The number of carbonyl (C=O) groups excluding carboxylic acids is 2. The van der Waals surface area contributed by atoms with Gasteiger partial charge in [-0.2, -0.15) is 5.10 Å². The molecule has 0 radical (unpaired) electrons. The molecule has 0 saturated carbocycles. The van der Waals surface area contributed by atoms with Crippen molar-refractivity contribution in [2.24, 2.45) is 5.10 Å². The van der Waals surface area contributed by atoms with Crippen LogP contribution in [-0.2, 0) is 4.79 Å². The Hall–Kier alpha value is -3.55. The van der Waals surface area contributed by atoms with E-state index >= 15 is 0 Å². The zero-order chi connectivity index (χ0) is 20.4. The fourth-order valence-electron chi connectivity index (χ4n) is 2.31. The van der Waals surface area contributed by atoms with Crippen molar-refractivity contribution in [3.05, 3.63) is 53.6 Å². The van der Waals surface area contributed by atoms with E-state index in [1.807, 2.05) is 25.1 Å². The Kier molecular flexibility index (Phi) is 7.83. The van der Waals surface area contributed by atoms with Crippen LogP contribution >= 0.6 is 0 Å². The molecule has 0 aliphatic rings. The van der Waals surface area contributed by atoms with Crippen molar-refractivity contribution in [2.75, 3.05) is 27.4 Å². The molecule has 2 aromatic rings. The molecule has 2 amide bonds. The smallest absolute Gasteiger partial charge is 0.259 e. The number of nitrogens with zero attached hydrogens (tertiary/aromatic N) is 1. The number of methoxy groups -OCH3 is 2. The lowest BCUT2D eigenvalue weighted by Gasteiger charge is -2.09. The van der Waals surface area contributed by atoms with Crippen molar-refractivity contribution in [3.63, 3.8) is 0 Å². The van der Waals surface area contributed by atoms with Gasteiger partial charge in [0.25, 0.3) is 11.8 Å². The second-order valence-electron chi connectivity index (χ2n) is 5.55. The number of benzene rings is 2. The molecule has 28 heavy (non-hydrogen) atoms. The fraction of sp³-hybridized carbons (Fsp3) is 0.250. The first-order chi connectivity index (χ1) is 13.6. The molecule has 0 unspecified atom stereocenters. The van der Waals surface area contributed by atoms with E-state index in [-0.39, 0.29) is 6.54 Å². The lowest BCUT2D eigenvalue weighted by molar-refractivity contribution is -0.120. The molecule has 0 heterocycles. The van der Waals surface area contributed by atoms with E-state index in [2.05, 4.69) is 15.8 Å². The predicted molar refractivity (Wildman–Crippen MR) is 105 cm³/mol. The minimum Gasteiger partial charge on any atom is -0.494 e. The van der Waals surface area contributed by atoms with Crippen molar-refractivity contribution in [1.82, 2.24) is 10.7 Å². The number of ether oxygens (including phenoxy) is 3. The molecule has 0 atom stereocenters. The largest absolute Gasteiger partial charge is 0.494 e. The third-order valence-corrected chi connectivity index (χ3v) is 3.63. The lowest BCUT2D eigenvalue weighted by atomic mass is 10.2. The first-order valence-corrected chi connectivity index (χ1v) is 8.62. The number of amides is 2. The average molecular weight is 385 g/mol. The molecular formula is C20H23N3O5. The topological polar surface area (TPSA) is 98.2 Å². The highest BCUT2D eigenvalue weighted by molar-refractivity contribution is 5.97. The van der Waals surface area contributed by atoms with Crippen LogP contribution in [-0.4, -0.2) is 45.4 Å². The molecule has 0 bridgehead atoms. The number of nitrogens with one attached hydrogen (secondary N) is 2. The molecule has 8 nitrogen and oxygen atoms in total. The van der Waals surface area contributed by atoms with Gasteiger partial charge in [-0.1, -0.05) is 12.1 Å². The van der Waals surface area contributed by atoms with Crippen molar-refractivity contribution >= 4 is 18.0 Å². The minimum absolute atomic E-state index is 0.219. The highest BCUT2D eigenvalue weighted by Crippen LogP contribution is 2.27. The Bertz CT molecular complexity index is 851. The van der Waals surface area contributed by atoms with E-state index < -0.39 is 11.8 Å². The molecule has 0 aliphatic carbocycles. The summed E-state index contributed by atoms with van der Waals surface area (Å²) in [6, 6.07) is 12.0. The van der Waals surface area contributed by atoms with Crippen LogP contribution in [0, 0.1) is 0 Å². The van der Waals surface area contributed by atoms with Crippen LogP contribution in [0.25, 0.3) is 0 Å². The van der Waals surface area contributed by atoms with E-state index in [4.69, 9.17) is 14.2 Å². The lowest BCUT2D eigenvalue weighted by Crippen LogP contribution is -2.34. The summed E-state index contributed by atoms with van der Waals surface area (Å²) in [5, 5.41) is 6.40. The Morgan fingerprint density at radius 1 is 1.07 bits per heavy atom. The van der Waals surface area contributed by atoms with Crippen molar-refractivity contribution in [1.29, 1.82) is 0 Å². The highest BCUT2D eigenvalue weighted by atomic mass is 16.5. The monoisotopic (exact) mass is 385 g/mol. The summed E-state index contributed by atoms with van der Waals surface area (Å²) >= 11 is 0. The van der Waals surface area contributed by atoms with Gasteiger partial charge in [-0.25, -0.2) is 5.43 Å². The first-order valence-electron chi connectivity index (χ1n) is 8.62. The van der Waals surface area contributed by atoms with E-state index in [0.29, 0.717) is 23.7 Å². The van der Waals surface area contributed by atoms with Crippen LogP contribution in [0.1, 0.15) is 22.8 Å². The summed E-state index contributed by atoms with van der Waals surface area (Å²) in [5.41, 5.74) is 3.49. The summed E-state index contributed by atoms with van der Waals surface area (Å²) in [6.45, 7) is 2.25. The molecule has 0 fully saturated rings. The highest BCUT2D eigenvalue weighted by Gasteiger charge is 2.11. The maximum atomic E-state index is 12.2. The molecule has 0 spiro atoms. The van der Waals surface area contributed by atoms with Crippen LogP contribution in [0.2, 0.25) is 0 Å². The van der Waals surface area contributed by atoms with Crippen molar-refractivity contribution < 1.29 is 23.8 Å². The number of hydrazone groups is 1. The molecule has 0 aliphatic heterocycles. The van der Waals surface area contributed by atoms with Crippen molar-refractivity contribution in [2.45, 2.75) is 6.92 Å².